The number of pyridine rings is 1. The van der Waals surface area contributed by atoms with Crippen LogP contribution in [0.15, 0.2) is 39.4 Å². The molecule has 0 aliphatic rings. The van der Waals surface area contributed by atoms with Gasteiger partial charge in [-0.3, -0.25) is 4.98 Å². The summed E-state index contributed by atoms with van der Waals surface area (Å²) in [4.78, 5) is 15.7. The largest absolute Gasteiger partial charge is 0.465 e. The number of anilines is 1. The van der Waals surface area contributed by atoms with Crippen LogP contribution in [0, 0.1) is 5.82 Å². The van der Waals surface area contributed by atoms with Crippen molar-refractivity contribution in [2.75, 3.05) is 12.4 Å². The van der Waals surface area contributed by atoms with Crippen LogP contribution >= 0.6 is 31.9 Å². The molecule has 0 aliphatic carbocycles. The molecule has 0 aliphatic heterocycles. The number of halogens is 3. The van der Waals surface area contributed by atoms with Crippen molar-refractivity contribution >= 4 is 43.5 Å². The van der Waals surface area contributed by atoms with Gasteiger partial charge in [-0.1, -0.05) is 0 Å². The second-order valence-corrected chi connectivity index (χ2v) is 5.89. The third kappa shape index (κ3) is 4.01. The first-order chi connectivity index (χ1) is 10.0. The number of methoxy groups -OCH3 is 1. The van der Waals surface area contributed by atoms with Gasteiger partial charge in [0.25, 0.3) is 0 Å². The van der Waals surface area contributed by atoms with E-state index in [1.54, 1.807) is 12.3 Å². The lowest BCUT2D eigenvalue weighted by atomic mass is 10.2. The topological polar surface area (TPSA) is 51.2 Å². The van der Waals surface area contributed by atoms with Crippen LogP contribution in [0.4, 0.5) is 10.1 Å². The molecule has 21 heavy (non-hydrogen) atoms. The number of nitrogens with zero attached hydrogens (tertiary/aromatic N) is 1. The van der Waals surface area contributed by atoms with Crippen LogP contribution < -0.4 is 5.32 Å². The molecule has 0 spiro atoms. The van der Waals surface area contributed by atoms with Crippen molar-refractivity contribution in [2.24, 2.45) is 0 Å². The first-order valence-corrected chi connectivity index (χ1v) is 7.51. The van der Waals surface area contributed by atoms with Gasteiger partial charge in [0, 0.05) is 20.8 Å². The summed E-state index contributed by atoms with van der Waals surface area (Å²) in [7, 11) is 1.21. The van der Waals surface area contributed by atoms with Crippen molar-refractivity contribution in [1.82, 2.24) is 4.98 Å². The van der Waals surface area contributed by atoms with Gasteiger partial charge in [0.05, 0.1) is 24.9 Å². The zero-order chi connectivity index (χ0) is 15.4. The smallest absolute Gasteiger partial charge is 0.340 e. The molecule has 1 heterocycles. The Labute approximate surface area is 138 Å². The van der Waals surface area contributed by atoms with E-state index in [0.29, 0.717) is 12.2 Å². The summed E-state index contributed by atoms with van der Waals surface area (Å²) >= 11 is 6.74. The Morgan fingerprint density at radius 1 is 1.38 bits per heavy atom. The van der Waals surface area contributed by atoms with Crippen molar-refractivity contribution in [3.8, 4) is 0 Å². The summed E-state index contributed by atoms with van der Waals surface area (Å²) in [6.07, 6.45) is 1.69. The highest BCUT2D eigenvalue weighted by molar-refractivity contribution is 9.11. The SMILES string of the molecule is COC(=O)c1cc(NCc2ncc(Br)cc2Br)ccc1F. The van der Waals surface area contributed by atoms with Crippen LogP contribution in [-0.2, 0) is 11.3 Å². The Kier molecular flexibility index (Phi) is 5.30. The maximum Gasteiger partial charge on any atom is 0.340 e. The van der Waals surface area contributed by atoms with Gasteiger partial charge in [-0.2, -0.15) is 0 Å². The zero-order valence-electron chi connectivity index (χ0n) is 11.0. The number of carbonyl (C=O) groups excluding carboxylic acids is 1. The first-order valence-electron chi connectivity index (χ1n) is 5.93. The third-order valence-electron chi connectivity index (χ3n) is 2.72. The molecule has 110 valence electrons. The molecule has 0 bridgehead atoms. The summed E-state index contributed by atoms with van der Waals surface area (Å²) in [5.41, 5.74) is 1.29. The van der Waals surface area contributed by atoms with Crippen molar-refractivity contribution in [2.45, 2.75) is 6.54 Å². The van der Waals surface area contributed by atoms with Gasteiger partial charge >= 0.3 is 5.97 Å². The van der Waals surface area contributed by atoms with Crippen molar-refractivity contribution in [3.63, 3.8) is 0 Å². The number of ether oxygens (including phenoxy) is 1. The number of hydrogen-bond donors (Lipinski definition) is 1. The number of esters is 1. The van der Waals surface area contributed by atoms with Gasteiger partial charge in [0.2, 0.25) is 0 Å². The van der Waals surface area contributed by atoms with Gasteiger partial charge in [0.15, 0.2) is 0 Å². The Hall–Kier alpha value is -1.47. The second kappa shape index (κ2) is 7.00. The van der Waals surface area contributed by atoms with Crippen LogP contribution in [0.3, 0.4) is 0 Å². The minimum atomic E-state index is -0.709. The molecule has 7 heteroatoms. The fraction of sp³-hybridized carbons (Fsp3) is 0.143. The lowest BCUT2D eigenvalue weighted by Crippen LogP contribution is -2.07. The summed E-state index contributed by atoms with van der Waals surface area (Å²) in [5.74, 6) is -1.32. The minimum absolute atomic E-state index is 0.106. The second-order valence-electron chi connectivity index (χ2n) is 4.12. The minimum Gasteiger partial charge on any atom is -0.465 e. The molecule has 1 aromatic heterocycles. The van der Waals surface area contributed by atoms with Gasteiger partial charge in [-0.15, -0.1) is 0 Å². The molecule has 4 nitrogen and oxygen atoms in total. The number of aromatic nitrogens is 1. The molecule has 0 amide bonds. The molecule has 2 aromatic rings. The van der Waals surface area contributed by atoms with Crippen molar-refractivity contribution < 1.29 is 13.9 Å². The first kappa shape index (κ1) is 15.9. The number of benzene rings is 1. The molecule has 0 unspecified atom stereocenters. The third-order valence-corrected chi connectivity index (χ3v) is 3.84. The predicted octanol–water partition coefficient (Wildman–Crippen LogP) is 4.14. The van der Waals surface area contributed by atoms with E-state index < -0.39 is 11.8 Å². The van der Waals surface area contributed by atoms with Crippen LogP contribution in [0.25, 0.3) is 0 Å². The van der Waals surface area contributed by atoms with E-state index in [1.807, 2.05) is 6.07 Å². The van der Waals surface area contributed by atoms with E-state index in [-0.39, 0.29) is 5.56 Å². The average molecular weight is 418 g/mol. The van der Waals surface area contributed by atoms with Crippen LogP contribution in [0.5, 0.6) is 0 Å². The summed E-state index contributed by atoms with van der Waals surface area (Å²) in [6.45, 7) is 0.431. The Bertz CT molecular complexity index is 680. The predicted molar refractivity (Wildman–Crippen MR) is 84.7 cm³/mol. The molecule has 1 N–H and O–H groups in total. The molecule has 1 aromatic carbocycles. The molecule has 0 radical (unpaired) electrons. The zero-order valence-corrected chi connectivity index (χ0v) is 14.2. The van der Waals surface area contributed by atoms with Gasteiger partial charge in [-0.25, -0.2) is 9.18 Å². The van der Waals surface area contributed by atoms with Gasteiger partial charge in [-0.05, 0) is 56.1 Å². The van der Waals surface area contributed by atoms with Crippen molar-refractivity contribution in [1.29, 1.82) is 0 Å². The number of nitrogens with one attached hydrogen (secondary N) is 1. The number of hydrogen-bond acceptors (Lipinski definition) is 4. The maximum atomic E-state index is 13.5. The van der Waals surface area contributed by atoms with E-state index in [4.69, 9.17) is 0 Å². The monoisotopic (exact) mass is 416 g/mol. The lowest BCUT2D eigenvalue weighted by molar-refractivity contribution is 0.0595. The van der Waals surface area contributed by atoms with E-state index in [9.17, 15) is 9.18 Å². The molecule has 0 fully saturated rings. The quantitative estimate of drug-likeness (QED) is 0.759. The summed E-state index contributed by atoms with van der Waals surface area (Å²) in [5, 5.41) is 3.09. The Morgan fingerprint density at radius 2 is 2.14 bits per heavy atom. The molecular formula is C14H11Br2FN2O2. The van der Waals surface area contributed by atoms with Crippen LogP contribution in [-0.4, -0.2) is 18.1 Å². The molecule has 0 saturated heterocycles. The van der Waals surface area contributed by atoms with E-state index >= 15 is 0 Å². The normalized spacial score (nSPS) is 10.3. The summed E-state index contributed by atoms with van der Waals surface area (Å²) < 4.78 is 19.8. The maximum absolute atomic E-state index is 13.5. The highest BCUT2D eigenvalue weighted by Gasteiger charge is 2.13. The molecule has 0 atom stereocenters. The average Bonchev–Trinajstić information content (AvgIpc) is 2.47. The number of rotatable bonds is 4. The molecule has 0 saturated carbocycles. The van der Waals surface area contributed by atoms with Crippen molar-refractivity contribution in [3.05, 3.63) is 56.5 Å². The summed E-state index contributed by atoms with van der Waals surface area (Å²) in [6, 6.07) is 6.07. The van der Waals surface area contributed by atoms with Gasteiger partial charge in [0.1, 0.15) is 5.82 Å². The lowest BCUT2D eigenvalue weighted by Gasteiger charge is -2.09. The highest BCUT2D eigenvalue weighted by atomic mass is 79.9. The van der Waals surface area contributed by atoms with E-state index in [1.165, 1.54) is 19.2 Å². The molecular weight excluding hydrogens is 407 g/mol. The van der Waals surface area contributed by atoms with E-state index in [0.717, 1.165) is 14.6 Å². The van der Waals surface area contributed by atoms with Crippen LogP contribution in [0.1, 0.15) is 16.1 Å². The highest BCUT2D eigenvalue weighted by Crippen LogP contribution is 2.21. The van der Waals surface area contributed by atoms with Gasteiger partial charge < -0.3 is 10.1 Å². The fourth-order valence-corrected chi connectivity index (χ4v) is 2.79. The Balaban J connectivity index is 2.15. The molecule has 2 rings (SSSR count). The van der Waals surface area contributed by atoms with E-state index in [2.05, 4.69) is 46.9 Å². The standard InChI is InChI=1S/C14H11Br2FN2O2/c1-21-14(20)10-5-9(2-3-12(10)17)18-7-13-11(16)4-8(15)6-19-13/h2-6,18H,7H2,1H3. The number of carbonyl (C=O) groups is 1. The van der Waals surface area contributed by atoms with Crippen LogP contribution in [0.2, 0.25) is 0 Å². The fourth-order valence-electron chi connectivity index (χ4n) is 1.66. The Morgan fingerprint density at radius 3 is 2.81 bits per heavy atom.